The van der Waals surface area contributed by atoms with Crippen molar-refractivity contribution >= 4 is 17.3 Å². The van der Waals surface area contributed by atoms with E-state index in [1.54, 1.807) is 12.1 Å². The van der Waals surface area contributed by atoms with Crippen molar-refractivity contribution < 1.29 is 14.1 Å². The fraction of sp³-hybridized carbons (Fsp3) is 0.143. The Hall–Kier alpha value is -2.14. The molecule has 0 saturated heterocycles. The number of nitro benzene ring substituents is 1. The molecule has 0 atom stereocenters. The largest absolute Gasteiger partial charge is 0.450 e. The van der Waals surface area contributed by atoms with Crippen LogP contribution in [0.5, 0.6) is 11.5 Å². The number of nitro groups is 1. The van der Waals surface area contributed by atoms with Gasteiger partial charge in [-0.05, 0) is 19.1 Å². The van der Waals surface area contributed by atoms with Crippen molar-refractivity contribution in [2.45, 2.75) is 12.8 Å². The first-order chi connectivity index (χ1) is 9.51. The molecule has 0 fully saturated rings. The van der Waals surface area contributed by atoms with Crippen molar-refractivity contribution in [3.05, 3.63) is 63.5 Å². The Morgan fingerprint density at radius 3 is 2.65 bits per heavy atom. The number of benzene rings is 2. The monoisotopic (exact) mass is 295 g/mol. The molecule has 2 aromatic carbocycles. The van der Waals surface area contributed by atoms with Crippen molar-refractivity contribution in [3.8, 4) is 11.5 Å². The predicted molar refractivity (Wildman–Crippen MR) is 73.9 cm³/mol. The Kier molecular flexibility index (Phi) is 4.20. The number of halogens is 2. The van der Waals surface area contributed by atoms with Gasteiger partial charge in [-0.2, -0.15) is 0 Å². The molecule has 0 aliphatic heterocycles. The standard InChI is InChI=1S/C14H11ClFNO3/c1-9-2-5-13(10(6-9)8-15)20-14-7-11(16)3-4-12(14)17(18)19/h2-7H,8H2,1H3. The Balaban J connectivity index is 2.44. The fourth-order valence-electron chi connectivity index (χ4n) is 1.75. The molecule has 0 aliphatic carbocycles. The van der Waals surface area contributed by atoms with Gasteiger partial charge in [0.2, 0.25) is 5.75 Å². The van der Waals surface area contributed by atoms with Gasteiger partial charge < -0.3 is 4.74 Å². The van der Waals surface area contributed by atoms with Gasteiger partial charge in [0, 0.05) is 17.7 Å². The molecule has 6 heteroatoms. The van der Waals surface area contributed by atoms with E-state index in [1.165, 1.54) is 0 Å². The van der Waals surface area contributed by atoms with Crippen molar-refractivity contribution in [2.24, 2.45) is 0 Å². The molecule has 0 bridgehead atoms. The summed E-state index contributed by atoms with van der Waals surface area (Å²) in [5.74, 6) is -0.185. The Morgan fingerprint density at radius 2 is 2.00 bits per heavy atom. The minimum absolute atomic E-state index is 0.148. The van der Waals surface area contributed by atoms with E-state index >= 15 is 0 Å². The molecule has 0 saturated carbocycles. The summed E-state index contributed by atoms with van der Waals surface area (Å²) in [6.45, 7) is 1.89. The minimum Gasteiger partial charge on any atom is -0.450 e. The molecular weight excluding hydrogens is 285 g/mol. The smallest absolute Gasteiger partial charge is 0.311 e. The number of hydrogen-bond acceptors (Lipinski definition) is 3. The second-order valence-corrected chi connectivity index (χ2v) is 4.48. The molecule has 2 rings (SSSR count). The molecule has 0 heterocycles. The Morgan fingerprint density at radius 1 is 1.25 bits per heavy atom. The second-order valence-electron chi connectivity index (χ2n) is 4.22. The third-order valence-corrected chi connectivity index (χ3v) is 2.99. The van der Waals surface area contributed by atoms with E-state index < -0.39 is 10.7 Å². The van der Waals surface area contributed by atoms with Crippen molar-refractivity contribution in [1.82, 2.24) is 0 Å². The van der Waals surface area contributed by atoms with Gasteiger partial charge in [-0.3, -0.25) is 10.1 Å². The van der Waals surface area contributed by atoms with Crippen LogP contribution in [0.15, 0.2) is 36.4 Å². The van der Waals surface area contributed by atoms with Gasteiger partial charge >= 0.3 is 5.69 Å². The number of aryl methyl sites for hydroxylation is 1. The summed E-state index contributed by atoms with van der Waals surface area (Å²) in [6, 6.07) is 8.32. The average molecular weight is 296 g/mol. The van der Waals surface area contributed by atoms with Crippen LogP contribution in [0.3, 0.4) is 0 Å². The van der Waals surface area contributed by atoms with E-state index in [0.717, 1.165) is 23.8 Å². The van der Waals surface area contributed by atoms with Crippen LogP contribution in [-0.2, 0) is 5.88 Å². The number of alkyl halides is 1. The maximum Gasteiger partial charge on any atom is 0.311 e. The molecule has 0 aliphatic rings. The van der Waals surface area contributed by atoms with Crippen LogP contribution in [0.1, 0.15) is 11.1 Å². The Bertz CT molecular complexity index is 661. The van der Waals surface area contributed by atoms with Gasteiger partial charge in [-0.15, -0.1) is 11.6 Å². The molecule has 2 aromatic rings. The molecule has 0 radical (unpaired) electrons. The normalized spacial score (nSPS) is 10.3. The van der Waals surface area contributed by atoms with Crippen LogP contribution in [0.25, 0.3) is 0 Å². The maximum atomic E-state index is 13.2. The molecule has 0 aromatic heterocycles. The van der Waals surface area contributed by atoms with E-state index in [4.69, 9.17) is 16.3 Å². The van der Waals surface area contributed by atoms with Gasteiger partial charge in [0.25, 0.3) is 0 Å². The summed E-state index contributed by atoms with van der Waals surface area (Å²) in [7, 11) is 0. The molecule has 4 nitrogen and oxygen atoms in total. The number of nitrogens with zero attached hydrogens (tertiary/aromatic N) is 1. The van der Waals surface area contributed by atoms with E-state index in [-0.39, 0.29) is 17.3 Å². The van der Waals surface area contributed by atoms with Gasteiger partial charge in [0.15, 0.2) is 0 Å². The summed E-state index contributed by atoms with van der Waals surface area (Å²) in [4.78, 5) is 10.3. The van der Waals surface area contributed by atoms with Gasteiger partial charge in [0.05, 0.1) is 10.8 Å². The highest BCUT2D eigenvalue weighted by atomic mass is 35.5. The summed E-state index contributed by atoms with van der Waals surface area (Å²) in [6.07, 6.45) is 0. The minimum atomic E-state index is -0.622. The van der Waals surface area contributed by atoms with E-state index in [2.05, 4.69) is 0 Å². The molecule has 0 unspecified atom stereocenters. The van der Waals surface area contributed by atoms with Gasteiger partial charge in [0.1, 0.15) is 11.6 Å². The molecule has 104 valence electrons. The summed E-state index contributed by atoms with van der Waals surface area (Å²) < 4.78 is 18.7. The number of ether oxygens (including phenoxy) is 1. The van der Waals surface area contributed by atoms with Gasteiger partial charge in [-0.25, -0.2) is 4.39 Å². The van der Waals surface area contributed by atoms with Crippen LogP contribution in [-0.4, -0.2) is 4.92 Å². The van der Waals surface area contributed by atoms with E-state index in [0.29, 0.717) is 11.3 Å². The molecule has 0 spiro atoms. The summed E-state index contributed by atoms with van der Waals surface area (Å²) in [5.41, 5.74) is 1.37. The lowest BCUT2D eigenvalue weighted by Crippen LogP contribution is -1.96. The third-order valence-electron chi connectivity index (χ3n) is 2.70. The fourth-order valence-corrected chi connectivity index (χ4v) is 1.96. The summed E-state index contributed by atoms with van der Waals surface area (Å²) >= 11 is 5.82. The van der Waals surface area contributed by atoms with Crippen LogP contribution < -0.4 is 4.74 Å². The summed E-state index contributed by atoms with van der Waals surface area (Å²) in [5, 5.41) is 10.9. The van der Waals surface area contributed by atoms with Crippen LogP contribution in [0.4, 0.5) is 10.1 Å². The first-order valence-corrected chi connectivity index (χ1v) is 6.32. The zero-order valence-electron chi connectivity index (χ0n) is 10.6. The number of hydrogen-bond donors (Lipinski definition) is 0. The average Bonchev–Trinajstić information content (AvgIpc) is 2.40. The first kappa shape index (κ1) is 14.3. The molecule has 0 amide bonds. The highest BCUT2D eigenvalue weighted by Crippen LogP contribution is 2.34. The maximum absolute atomic E-state index is 13.2. The zero-order valence-corrected chi connectivity index (χ0v) is 11.4. The van der Waals surface area contributed by atoms with Crippen molar-refractivity contribution in [3.63, 3.8) is 0 Å². The van der Waals surface area contributed by atoms with Crippen LogP contribution in [0, 0.1) is 22.9 Å². The molecular formula is C14H11ClFNO3. The second kappa shape index (κ2) is 5.88. The van der Waals surface area contributed by atoms with E-state index in [9.17, 15) is 14.5 Å². The lowest BCUT2D eigenvalue weighted by molar-refractivity contribution is -0.385. The van der Waals surface area contributed by atoms with Crippen molar-refractivity contribution in [1.29, 1.82) is 0 Å². The van der Waals surface area contributed by atoms with Crippen molar-refractivity contribution in [2.75, 3.05) is 0 Å². The van der Waals surface area contributed by atoms with Crippen LogP contribution >= 0.6 is 11.6 Å². The third kappa shape index (κ3) is 3.05. The van der Waals surface area contributed by atoms with E-state index in [1.807, 2.05) is 13.0 Å². The zero-order chi connectivity index (χ0) is 14.7. The van der Waals surface area contributed by atoms with Crippen LogP contribution in [0.2, 0.25) is 0 Å². The SMILES string of the molecule is Cc1ccc(Oc2cc(F)ccc2[N+](=O)[O-])c(CCl)c1. The highest BCUT2D eigenvalue weighted by Gasteiger charge is 2.17. The number of rotatable bonds is 4. The Labute approximate surface area is 119 Å². The highest BCUT2D eigenvalue weighted by molar-refractivity contribution is 6.17. The first-order valence-electron chi connectivity index (χ1n) is 5.78. The molecule has 20 heavy (non-hydrogen) atoms. The molecule has 0 N–H and O–H groups in total. The predicted octanol–water partition coefficient (Wildman–Crippen LogP) is 4.57. The quantitative estimate of drug-likeness (QED) is 0.471. The van der Waals surface area contributed by atoms with Gasteiger partial charge in [-0.1, -0.05) is 17.7 Å². The topological polar surface area (TPSA) is 52.4 Å². The lowest BCUT2D eigenvalue weighted by Gasteiger charge is -2.10. The lowest BCUT2D eigenvalue weighted by atomic mass is 10.1.